The fraction of sp³-hybridized carbons (Fsp3) is 0.154. The molecule has 1 aromatic heterocycles. The molecule has 0 unspecified atom stereocenters. The predicted molar refractivity (Wildman–Crippen MR) is 71.3 cm³/mol. The molecule has 0 aliphatic carbocycles. The number of hydrogen-bond donors (Lipinski definition) is 0. The molecule has 9 nitrogen and oxygen atoms in total. The molecular weight excluding hydrogens is 294 g/mol. The maximum atomic E-state index is 11.3. The van der Waals surface area contributed by atoms with Crippen molar-refractivity contribution in [2.45, 2.75) is 0 Å². The zero-order chi connectivity index (χ0) is 15.9. The van der Waals surface area contributed by atoms with Gasteiger partial charge in [-0.2, -0.15) is 0 Å². The van der Waals surface area contributed by atoms with Crippen molar-refractivity contribution >= 4 is 12.3 Å². The highest BCUT2D eigenvalue weighted by molar-refractivity contribution is 5.73. The van der Waals surface area contributed by atoms with Gasteiger partial charge in [0.2, 0.25) is 0 Å². The fourth-order valence-electron chi connectivity index (χ4n) is 1.48. The van der Waals surface area contributed by atoms with Crippen LogP contribution in [0.25, 0.3) is 11.4 Å². The number of benzene rings is 1. The van der Waals surface area contributed by atoms with Crippen molar-refractivity contribution in [1.29, 1.82) is 0 Å². The van der Waals surface area contributed by atoms with Gasteiger partial charge in [-0.1, -0.05) is 0 Å². The highest BCUT2D eigenvalue weighted by Crippen LogP contribution is 2.31. The quantitative estimate of drug-likeness (QED) is 0.619. The first-order valence-corrected chi connectivity index (χ1v) is 5.92. The summed E-state index contributed by atoms with van der Waals surface area (Å²) in [6.45, 7) is 0. The van der Waals surface area contributed by atoms with Crippen LogP contribution in [0.5, 0.6) is 11.5 Å². The van der Waals surface area contributed by atoms with Crippen molar-refractivity contribution in [3.8, 4) is 22.9 Å². The first-order chi connectivity index (χ1) is 10.6. The second-order valence-electron chi connectivity index (χ2n) is 3.73. The van der Waals surface area contributed by atoms with Crippen molar-refractivity contribution < 1.29 is 28.5 Å². The van der Waals surface area contributed by atoms with E-state index in [1.165, 1.54) is 45.1 Å². The van der Waals surface area contributed by atoms with Crippen LogP contribution in [0.1, 0.15) is 0 Å². The molecule has 0 aliphatic heterocycles. The lowest BCUT2D eigenvalue weighted by atomic mass is 10.2. The van der Waals surface area contributed by atoms with E-state index in [0.717, 1.165) is 0 Å². The van der Waals surface area contributed by atoms with Crippen LogP contribution in [0.2, 0.25) is 0 Å². The lowest BCUT2D eigenvalue weighted by Gasteiger charge is -2.10. The van der Waals surface area contributed by atoms with Gasteiger partial charge < -0.3 is 18.9 Å². The molecule has 0 fully saturated rings. The van der Waals surface area contributed by atoms with Gasteiger partial charge in [-0.25, -0.2) is 24.5 Å². The second-order valence-corrected chi connectivity index (χ2v) is 3.73. The largest absolute Gasteiger partial charge is 0.513 e. The molecule has 0 amide bonds. The Morgan fingerprint density at radius 2 is 1.59 bits per heavy atom. The third kappa shape index (κ3) is 3.66. The van der Waals surface area contributed by atoms with Crippen molar-refractivity contribution in [3.63, 3.8) is 0 Å². The summed E-state index contributed by atoms with van der Waals surface area (Å²) in [7, 11) is 2.34. The van der Waals surface area contributed by atoms with Gasteiger partial charge in [0.05, 0.1) is 19.8 Å². The minimum atomic E-state index is -0.939. The summed E-state index contributed by atoms with van der Waals surface area (Å²) < 4.78 is 18.7. The van der Waals surface area contributed by atoms with E-state index in [1.54, 1.807) is 0 Å². The summed E-state index contributed by atoms with van der Waals surface area (Å²) in [6, 6.07) is 4.30. The van der Waals surface area contributed by atoms with Crippen molar-refractivity contribution in [2.24, 2.45) is 0 Å². The third-order valence-electron chi connectivity index (χ3n) is 2.42. The molecule has 0 saturated carbocycles. The number of rotatable bonds is 3. The summed E-state index contributed by atoms with van der Waals surface area (Å²) in [6.07, 6.45) is 0.745. The molecule has 114 valence electrons. The molecule has 0 saturated heterocycles. The Morgan fingerprint density at radius 3 is 2.23 bits per heavy atom. The van der Waals surface area contributed by atoms with E-state index < -0.39 is 12.3 Å². The van der Waals surface area contributed by atoms with Gasteiger partial charge in [0, 0.05) is 6.07 Å². The molecule has 2 rings (SSSR count). The average molecular weight is 305 g/mol. The predicted octanol–water partition coefficient (Wildman–Crippen LogP) is 1.83. The topological polar surface area (TPSA) is 110 Å². The van der Waals surface area contributed by atoms with Crippen molar-refractivity contribution in [2.75, 3.05) is 14.2 Å². The smallest absolute Gasteiger partial charge is 0.437 e. The fourth-order valence-corrected chi connectivity index (χ4v) is 1.48. The van der Waals surface area contributed by atoms with Crippen molar-refractivity contribution in [1.82, 2.24) is 15.0 Å². The molecule has 22 heavy (non-hydrogen) atoms. The number of carbonyl (C=O) groups excluding carboxylic acids is 2. The normalized spacial score (nSPS) is 9.73. The highest BCUT2D eigenvalue weighted by Gasteiger charge is 2.16. The van der Waals surface area contributed by atoms with Crippen LogP contribution in [0.3, 0.4) is 0 Å². The van der Waals surface area contributed by atoms with E-state index in [0.29, 0.717) is 5.56 Å². The first kappa shape index (κ1) is 15.2. The Balaban J connectivity index is 2.40. The molecule has 0 radical (unpaired) electrons. The zero-order valence-electron chi connectivity index (χ0n) is 11.7. The lowest BCUT2D eigenvalue weighted by molar-refractivity contribution is 0.120. The number of nitrogens with zero attached hydrogens (tertiary/aromatic N) is 3. The molecular formula is C13H11N3O6. The summed E-state index contributed by atoms with van der Waals surface area (Å²) in [5.41, 5.74) is 0.394. The maximum absolute atomic E-state index is 11.3. The van der Waals surface area contributed by atoms with Crippen LogP contribution in [-0.4, -0.2) is 41.5 Å². The Hall–Kier alpha value is -3.23. The van der Waals surface area contributed by atoms with Gasteiger partial charge in [-0.05, 0) is 12.1 Å². The summed E-state index contributed by atoms with van der Waals surface area (Å²) in [5.74, 6) is 0.446. The molecule has 1 heterocycles. The van der Waals surface area contributed by atoms with Gasteiger partial charge in [0.1, 0.15) is 24.2 Å². The standard InChI is InChI=1S/C13H11N3O6/c1-19-12(17)21-8-3-4-9(11-15-6-14-7-16-11)10(5-8)22-13(18)20-2/h3-7H,1-2H3. The molecule has 1 aromatic carbocycles. The minimum absolute atomic E-state index is 0.0550. The highest BCUT2D eigenvalue weighted by atomic mass is 16.7. The number of aromatic nitrogens is 3. The van der Waals surface area contributed by atoms with E-state index >= 15 is 0 Å². The van der Waals surface area contributed by atoms with Gasteiger partial charge >= 0.3 is 12.3 Å². The van der Waals surface area contributed by atoms with Gasteiger partial charge in [0.25, 0.3) is 0 Å². The van der Waals surface area contributed by atoms with Crippen LogP contribution in [0.4, 0.5) is 9.59 Å². The summed E-state index contributed by atoms with van der Waals surface area (Å²) >= 11 is 0. The van der Waals surface area contributed by atoms with Gasteiger partial charge in [0.15, 0.2) is 5.82 Å². The first-order valence-electron chi connectivity index (χ1n) is 5.92. The van der Waals surface area contributed by atoms with Crippen LogP contribution in [0.15, 0.2) is 30.9 Å². The SMILES string of the molecule is COC(=O)Oc1ccc(-c2ncncn2)c(OC(=O)OC)c1. The van der Waals surface area contributed by atoms with E-state index in [4.69, 9.17) is 9.47 Å². The van der Waals surface area contributed by atoms with Gasteiger partial charge in [-0.15, -0.1) is 0 Å². The van der Waals surface area contributed by atoms with E-state index in [-0.39, 0.29) is 17.3 Å². The average Bonchev–Trinajstić information content (AvgIpc) is 2.55. The molecule has 0 spiro atoms. The minimum Gasteiger partial charge on any atom is -0.437 e. The monoisotopic (exact) mass is 305 g/mol. The van der Waals surface area contributed by atoms with Crippen LogP contribution < -0.4 is 9.47 Å². The molecule has 0 bridgehead atoms. The number of carbonyl (C=O) groups is 2. The second kappa shape index (κ2) is 6.97. The molecule has 2 aromatic rings. The summed E-state index contributed by atoms with van der Waals surface area (Å²) in [5, 5.41) is 0. The lowest BCUT2D eigenvalue weighted by Crippen LogP contribution is -2.10. The zero-order valence-corrected chi connectivity index (χ0v) is 11.7. The molecule has 0 aliphatic rings. The van der Waals surface area contributed by atoms with Crippen LogP contribution >= 0.6 is 0 Å². The number of methoxy groups -OCH3 is 2. The van der Waals surface area contributed by atoms with Crippen molar-refractivity contribution in [3.05, 3.63) is 30.9 Å². The maximum Gasteiger partial charge on any atom is 0.513 e. The van der Waals surface area contributed by atoms with E-state index in [2.05, 4.69) is 24.4 Å². The van der Waals surface area contributed by atoms with Crippen LogP contribution in [-0.2, 0) is 9.47 Å². The molecule has 0 N–H and O–H groups in total. The van der Waals surface area contributed by atoms with E-state index in [1.807, 2.05) is 0 Å². The summed E-state index contributed by atoms with van der Waals surface area (Å²) in [4.78, 5) is 34.1. The Labute approximate surface area is 124 Å². The van der Waals surface area contributed by atoms with E-state index in [9.17, 15) is 9.59 Å². The van der Waals surface area contributed by atoms with Gasteiger partial charge in [-0.3, -0.25) is 0 Å². The molecule has 0 atom stereocenters. The Kier molecular flexibility index (Phi) is 4.81. The van der Waals surface area contributed by atoms with Crippen LogP contribution in [0, 0.1) is 0 Å². The Bertz CT molecular complexity index is 677. The molecule has 9 heteroatoms. The Morgan fingerprint density at radius 1 is 0.955 bits per heavy atom. The third-order valence-corrected chi connectivity index (χ3v) is 2.42. The number of ether oxygens (including phenoxy) is 4. The number of hydrogen-bond acceptors (Lipinski definition) is 9.